The predicted octanol–water partition coefficient (Wildman–Crippen LogP) is 4.82. The van der Waals surface area contributed by atoms with Gasteiger partial charge >= 0.3 is 5.97 Å². The summed E-state index contributed by atoms with van der Waals surface area (Å²) in [4.78, 5) is 39.6. The number of ether oxygens (including phenoxy) is 3. The molecule has 1 aliphatic rings. The third kappa shape index (κ3) is 6.18. The van der Waals surface area contributed by atoms with Gasteiger partial charge in [-0.05, 0) is 60.9 Å². The lowest BCUT2D eigenvalue weighted by atomic mass is 9.94. The van der Waals surface area contributed by atoms with Gasteiger partial charge in [-0.15, -0.1) is 0 Å². The Hall–Kier alpha value is -4.43. The van der Waals surface area contributed by atoms with E-state index in [1.165, 1.54) is 12.0 Å². The number of hydrogen-bond acceptors (Lipinski definition) is 7. The largest absolute Gasteiger partial charge is 0.507 e. The van der Waals surface area contributed by atoms with Crippen LogP contribution in [0.25, 0.3) is 5.76 Å². The quantitative estimate of drug-likeness (QED) is 0.132. The second-order valence-corrected chi connectivity index (χ2v) is 9.25. The van der Waals surface area contributed by atoms with Gasteiger partial charge in [-0.25, -0.2) is 4.79 Å². The number of hydrogen-bond donors (Lipinski definition) is 1. The molecule has 3 aromatic carbocycles. The van der Waals surface area contributed by atoms with E-state index in [4.69, 9.17) is 14.2 Å². The standard InChI is InChI=1S/C31H31NO7/c1-20-6-4-7-21(18-20)19-39-25-14-12-23(13-15-25)28(33)26-27(22-8-10-24(11-9-22)31(36)38-3)32(16-5-17-37-2)30(35)29(26)34/h4,6-15,18,27,33H,5,16-17,19H2,1-3H3/b28-26+. The molecule has 8 nitrogen and oxygen atoms in total. The van der Waals surface area contributed by atoms with Crippen molar-refractivity contribution in [2.24, 2.45) is 0 Å². The Labute approximate surface area is 227 Å². The van der Waals surface area contributed by atoms with E-state index in [0.29, 0.717) is 42.1 Å². The zero-order chi connectivity index (χ0) is 27.9. The zero-order valence-corrected chi connectivity index (χ0v) is 22.2. The molecule has 0 saturated carbocycles. The predicted molar refractivity (Wildman–Crippen MR) is 145 cm³/mol. The van der Waals surface area contributed by atoms with Crippen molar-refractivity contribution < 1.29 is 33.7 Å². The third-order valence-electron chi connectivity index (χ3n) is 6.55. The van der Waals surface area contributed by atoms with Crippen LogP contribution in [0.2, 0.25) is 0 Å². The topological polar surface area (TPSA) is 102 Å². The lowest BCUT2D eigenvalue weighted by molar-refractivity contribution is -0.140. The monoisotopic (exact) mass is 529 g/mol. The number of esters is 1. The van der Waals surface area contributed by atoms with E-state index < -0.39 is 23.7 Å². The molecule has 39 heavy (non-hydrogen) atoms. The van der Waals surface area contributed by atoms with Gasteiger partial charge in [0.2, 0.25) is 0 Å². The van der Waals surface area contributed by atoms with Gasteiger partial charge in [0.05, 0.1) is 24.3 Å². The lowest BCUT2D eigenvalue weighted by Gasteiger charge is -2.25. The number of amides is 1. The zero-order valence-electron chi connectivity index (χ0n) is 22.2. The minimum Gasteiger partial charge on any atom is -0.507 e. The van der Waals surface area contributed by atoms with Gasteiger partial charge in [-0.2, -0.15) is 0 Å². The summed E-state index contributed by atoms with van der Waals surface area (Å²) in [5.74, 6) is -1.65. The van der Waals surface area contributed by atoms with Crippen molar-refractivity contribution in [1.29, 1.82) is 0 Å². The van der Waals surface area contributed by atoms with Crippen molar-refractivity contribution in [2.75, 3.05) is 27.4 Å². The maximum Gasteiger partial charge on any atom is 0.337 e. The van der Waals surface area contributed by atoms with Crippen LogP contribution in [0, 0.1) is 6.92 Å². The fourth-order valence-corrected chi connectivity index (χ4v) is 4.59. The fourth-order valence-electron chi connectivity index (χ4n) is 4.59. The molecule has 0 radical (unpaired) electrons. The number of aliphatic hydroxyl groups is 1. The first-order valence-electron chi connectivity index (χ1n) is 12.6. The molecule has 1 unspecified atom stereocenters. The Morgan fingerprint density at radius 3 is 2.28 bits per heavy atom. The van der Waals surface area contributed by atoms with Crippen LogP contribution >= 0.6 is 0 Å². The van der Waals surface area contributed by atoms with E-state index in [9.17, 15) is 19.5 Å². The molecule has 1 aliphatic heterocycles. The van der Waals surface area contributed by atoms with Crippen LogP contribution in [-0.2, 0) is 25.7 Å². The van der Waals surface area contributed by atoms with Gasteiger partial charge < -0.3 is 24.2 Å². The number of carbonyl (C=O) groups is 3. The van der Waals surface area contributed by atoms with Crippen LogP contribution in [0.4, 0.5) is 0 Å². The van der Waals surface area contributed by atoms with Crippen LogP contribution in [0.1, 0.15) is 45.1 Å². The van der Waals surface area contributed by atoms with E-state index in [1.807, 2.05) is 31.2 Å². The molecule has 4 rings (SSSR count). The van der Waals surface area contributed by atoms with Crippen LogP contribution in [0.3, 0.4) is 0 Å². The summed E-state index contributed by atoms with van der Waals surface area (Å²) >= 11 is 0. The summed E-state index contributed by atoms with van der Waals surface area (Å²) in [6.45, 7) is 3.07. The lowest BCUT2D eigenvalue weighted by Crippen LogP contribution is -2.31. The molecular weight excluding hydrogens is 498 g/mol. The van der Waals surface area contributed by atoms with Gasteiger partial charge in [0.1, 0.15) is 18.1 Å². The average Bonchev–Trinajstić information content (AvgIpc) is 3.21. The molecule has 1 heterocycles. The molecule has 1 atom stereocenters. The molecule has 3 aromatic rings. The number of aliphatic hydroxyl groups excluding tert-OH is 1. The summed E-state index contributed by atoms with van der Waals surface area (Å²) in [6.07, 6.45) is 0.507. The molecule has 1 saturated heterocycles. The van der Waals surface area contributed by atoms with Gasteiger partial charge in [0, 0.05) is 25.8 Å². The molecule has 0 aliphatic carbocycles. The average molecular weight is 530 g/mol. The van der Waals surface area contributed by atoms with E-state index in [1.54, 1.807) is 55.6 Å². The number of nitrogens with zero attached hydrogens (tertiary/aromatic N) is 1. The summed E-state index contributed by atoms with van der Waals surface area (Å²) in [6, 6.07) is 20.3. The Bertz CT molecular complexity index is 1380. The van der Waals surface area contributed by atoms with Crippen LogP contribution < -0.4 is 4.74 Å². The summed E-state index contributed by atoms with van der Waals surface area (Å²) in [7, 11) is 2.85. The van der Waals surface area contributed by atoms with Gasteiger partial charge in [-0.3, -0.25) is 9.59 Å². The smallest absolute Gasteiger partial charge is 0.337 e. The van der Waals surface area contributed by atoms with Gasteiger partial charge in [0.15, 0.2) is 0 Å². The fraction of sp³-hybridized carbons (Fsp3) is 0.258. The Balaban J connectivity index is 1.64. The molecule has 202 valence electrons. The second-order valence-electron chi connectivity index (χ2n) is 9.25. The Morgan fingerprint density at radius 2 is 1.64 bits per heavy atom. The van der Waals surface area contributed by atoms with Crippen LogP contribution in [0.5, 0.6) is 5.75 Å². The number of Topliss-reactive ketones (excluding diaryl/α,β-unsaturated/α-hetero) is 1. The number of aryl methyl sites for hydroxylation is 1. The minimum atomic E-state index is -0.828. The Morgan fingerprint density at radius 1 is 0.949 bits per heavy atom. The van der Waals surface area contributed by atoms with E-state index in [0.717, 1.165) is 11.1 Å². The highest BCUT2D eigenvalue weighted by atomic mass is 16.5. The molecule has 0 bridgehead atoms. The summed E-state index contributed by atoms with van der Waals surface area (Å²) < 4.78 is 15.8. The van der Waals surface area contributed by atoms with Gasteiger partial charge in [-0.1, -0.05) is 42.0 Å². The third-order valence-corrected chi connectivity index (χ3v) is 6.55. The van der Waals surface area contributed by atoms with Crippen molar-refractivity contribution in [1.82, 2.24) is 4.90 Å². The van der Waals surface area contributed by atoms with Crippen molar-refractivity contribution in [3.05, 3.63) is 106 Å². The summed E-state index contributed by atoms with van der Waals surface area (Å²) in [5, 5.41) is 11.3. The van der Waals surface area contributed by atoms with Crippen molar-refractivity contribution >= 4 is 23.4 Å². The van der Waals surface area contributed by atoms with E-state index in [2.05, 4.69) is 0 Å². The van der Waals surface area contributed by atoms with Gasteiger partial charge in [0.25, 0.3) is 11.7 Å². The number of ketones is 1. The van der Waals surface area contributed by atoms with E-state index in [-0.39, 0.29) is 17.9 Å². The number of likely N-dealkylation sites (tertiary alicyclic amines) is 1. The number of methoxy groups -OCH3 is 2. The highest BCUT2D eigenvalue weighted by Crippen LogP contribution is 2.39. The first-order valence-corrected chi connectivity index (χ1v) is 12.6. The molecule has 0 aromatic heterocycles. The first-order chi connectivity index (χ1) is 18.8. The highest BCUT2D eigenvalue weighted by Gasteiger charge is 2.45. The molecule has 1 N–H and O–H groups in total. The molecule has 1 fully saturated rings. The van der Waals surface area contributed by atoms with Crippen LogP contribution in [0.15, 0.2) is 78.4 Å². The molecule has 1 amide bonds. The van der Waals surface area contributed by atoms with Crippen molar-refractivity contribution in [2.45, 2.75) is 26.0 Å². The van der Waals surface area contributed by atoms with Crippen LogP contribution in [-0.4, -0.2) is 55.0 Å². The number of rotatable bonds is 10. The SMILES string of the molecule is COCCCN1C(=O)C(=O)/C(=C(/O)c2ccc(OCc3cccc(C)c3)cc2)C1c1ccc(C(=O)OC)cc1. The summed E-state index contributed by atoms with van der Waals surface area (Å²) in [5.41, 5.74) is 3.46. The number of benzene rings is 3. The molecular formula is C31H31NO7. The first kappa shape index (κ1) is 27.6. The minimum absolute atomic E-state index is 0.0170. The van der Waals surface area contributed by atoms with Crippen molar-refractivity contribution in [3.63, 3.8) is 0 Å². The maximum absolute atomic E-state index is 13.2. The number of carbonyl (C=O) groups excluding carboxylic acids is 3. The highest BCUT2D eigenvalue weighted by molar-refractivity contribution is 6.46. The molecule has 0 spiro atoms. The van der Waals surface area contributed by atoms with E-state index >= 15 is 0 Å². The Kier molecular flexibility index (Phi) is 8.78. The normalized spacial score (nSPS) is 16.4. The maximum atomic E-state index is 13.2. The van der Waals surface area contributed by atoms with Crippen molar-refractivity contribution in [3.8, 4) is 5.75 Å². The second kappa shape index (κ2) is 12.4. The molecule has 8 heteroatoms.